The number of aliphatic hydroxyl groups is 1. The Morgan fingerprint density at radius 1 is 0.938 bits per heavy atom. The summed E-state index contributed by atoms with van der Waals surface area (Å²) in [6, 6.07) is 0. The average molecular weight is 222 g/mol. The summed E-state index contributed by atoms with van der Waals surface area (Å²) in [5, 5.41) is 8.61. The molecular weight excluding hydrogens is 196 g/mol. The Bertz CT molecular complexity index is 207. The van der Waals surface area contributed by atoms with Crippen LogP contribution in [0.3, 0.4) is 0 Å². The second kappa shape index (κ2) is 14.3. The molecule has 0 spiro atoms. The van der Waals surface area contributed by atoms with Gasteiger partial charge < -0.3 is 5.11 Å². The number of hydrogen-bond donors (Lipinski definition) is 1. The predicted molar refractivity (Wildman–Crippen MR) is 71.2 cm³/mol. The molecule has 0 saturated heterocycles. The lowest BCUT2D eigenvalue weighted by Gasteiger charge is -1.99. The fraction of sp³-hybridized carbons (Fsp3) is 0.733. The van der Waals surface area contributed by atoms with Crippen LogP contribution in [0.5, 0.6) is 0 Å². The summed E-state index contributed by atoms with van der Waals surface area (Å²) in [5.41, 5.74) is 0. The molecule has 0 amide bonds. The van der Waals surface area contributed by atoms with E-state index in [0.717, 1.165) is 19.3 Å². The van der Waals surface area contributed by atoms with Gasteiger partial charge in [0.25, 0.3) is 0 Å². The molecule has 0 aliphatic carbocycles. The van der Waals surface area contributed by atoms with Crippen molar-refractivity contribution in [2.45, 2.75) is 64.7 Å². The van der Waals surface area contributed by atoms with Crippen LogP contribution in [0.15, 0.2) is 12.2 Å². The van der Waals surface area contributed by atoms with Crippen molar-refractivity contribution < 1.29 is 5.11 Å². The van der Waals surface area contributed by atoms with Crippen LogP contribution in [-0.4, -0.2) is 11.7 Å². The minimum absolute atomic E-state index is 0.351. The molecule has 0 saturated carbocycles. The van der Waals surface area contributed by atoms with Crippen LogP contribution in [0.1, 0.15) is 64.7 Å². The average Bonchev–Trinajstić information content (AvgIpc) is 2.31. The highest BCUT2D eigenvalue weighted by Gasteiger charge is 1.90. The van der Waals surface area contributed by atoms with Crippen LogP contribution < -0.4 is 0 Å². The minimum Gasteiger partial charge on any atom is -0.396 e. The van der Waals surface area contributed by atoms with Crippen molar-refractivity contribution in [3.63, 3.8) is 0 Å². The van der Waals surface area contributed by atoms with E-state index < -0.39 is 0 Å². The van der Waals surface area contributed by atoms with Gasteiger partial charge in [-0.25, -0.2) is 0 Å². The summed E-state index contributed by atoms with van der Waals surface area (Å²) in [7, 11) is 0. The molecule has 0 aromatic carbocycles. The van der Waals surface area contributed by atoms with Gasteiger partial charge in [0.05, 0.1) is 0 Å². The number of unbranched alkanes of at least 4 members (excludes halogenated alkanes) is 7. The smallest absolute Gasteiger partial charge is 0.0431 e. The molecule has 0 bridgehead atoms. The first kappa shape index (κ1) is 15.3. The zero-order chi connectivity index (χ0) is 11.9. The molecule has 0 fully saturated rings. The molecule has 0 heterocycles. The molecule has 0 atom stereocenters. The normalized spacial score (nSPS) is 10.4. The van der Waals surface area contributed by atoms with E-state index in [4.69, 9.17) is 5.11 Å². The molecule has 1 heteroatoms. The van der Waals surface area contributed by atoms with Crippen LogP contribution in [0, 0.1) is 11.8 Å². The zero-order valence-corrected chi connectivity index (χ0v) is 10.7. The molecule has 0 unspecified atom stereocenters. The van der Waals surface area contributed by atoms with Crippen molar-refractivity contribution in [3.05, 3.63) is 12.2 Å². The third-order valence-corrected chi connectivity index (χ3v) is 2.51. The summed E-state index contributed by atoms with van der Waals surface area (Å²) in [5.74, 6) is 6.03. The maximum atomic E-state index is 8.61. The fourth-order valence-corrected chi connectivity index (χ4v) is 1.56. The Kier molecular flexibility index (Phi) is 13.6. The Morgan fingerprint density at radius 2 is 1.56 bits per heavy atom. The molecule has 1 N–H and O–H groups in total. The van der Waals surface area contributed by atoms with Crippen LogP contribution in [0.2, 0.25) is 0 Å². The van der Waals surface area contributed by atoms with E-state index in [1.54, 1.807) is 0 Å². The van der Waals surface area contributed by atoms with Crippen molar-refractivity contribution in [1.29, 1.82) is 0 Å². The van der Waals surface area contributed by atoms with Crippen molar-refractivity contribution >= 4 is 0 Å². The van der Waals surface area contributed by atoms with Crippen molar-refractivity contribution in [3.8, 4) is 11.8 Å². The SMILES string of the molecule is CCC#C/C=C/CCCCCCCCCO. The summed E-state index contributed by atoms with van der Waals surface area (Å²) in [6.07, 6.45) is 14.9. The Morgan fingerprint density at radius 3 is 2.19 bits per heavy atom. The molecule has 0 aromatic heterocycles. The molecule has 0 radical (unpaired) electrons. The van der Waals surface area contributed by atoms with Crippen molar-refractivity contribution in [1.82, 2.24) is 0 Å². The summed E-state index contributed by atoms with van der Waals surface area (Å²) < 4.78 is 0. The molecular formula is C15H26O. The second-order valence-electron chi connectivity index (χ2n) is 4.06. The third-order valence-electron chi connectivity index (χ3n) is 2.51. The number of aliphatic hydroxyl groups excluding tert-OH is 1. The molecule has 0 rings (SSSR count). The maximum Gasteiger partial charge on any atom is 0.0431 e. The van der Waals surface area contributed by atoms with E-state index in [2.05, 4.69) is 24.8 Å². The zero-order valence-electron chi connectivity index (χ0n) is 10.7. The minimum atomic E-state index is 0.351. The summed E-state index contributed by atoms with van der Waals surface area (Å²) in [6.45, 7) is 2.42. The monoisotopic (exact) mass is 222 g/mol. The first-order chi connectivity index (χ1) is 7.91. The number of allylic oxidation sites excluding steroid dienone is 2. The molecule has 92 valence electrons. The van der Waals surface area contributed by atoms with Crippen molar-refractivity contribution in [2.75, 3.05) is 6.61 Å². The number of hydrogen-bond acceptors (Lipinski definition) is 1. The molecule has 16 heavy (non-hydrogen) atoms. The standard InChI is InChI=1S/C15H26O/c1-2-3-4-5-6-7-8-9-10-11-12-13-14-15-16/h5-6,16H,2,7-15H2,1H3/b6-5+. The summed E-state index contributed by atoms with van der Waals surface area (Å²) in [4.78, 5) is 0. The van der Waals surface area contributed by atoms with Gasteiger partial charge in [0.1, 0.15) is 0 Å². The first-order valence-corrected chi connectivity index (χ1v) is 6.66. The van der Waals surface area contributed by atoms with Crippen molar-refractivity contribution in [2.24, 2.45) is 0 Å². The van der Waals surface area contributed by atoms with Gasteiger partial charge in [-0.15, -0.1) is 0 Å². The van der Waals surface area contributed by atoms with Gasteiger partial charge >= 0.3 is 0 Å². The quantitative estimate of drug-likeness (QED) is 0.460. The molecule has 0 aliphatic heterocycles. The summed E-state index contributed by atoms with van der Waals surface area (Å²) >= 11 is 0. The van der Waals surface area contributed by atoms with E-state index in [0.29, 0.717) is 6.61 Å². The van der Waals surface area contributed by atoms with Gasteiger partial charge in [-0.1, -0.05) is 56.9 Å². The van der Waals surface area contributed by atoms with E-state index in [1.807, 2.05) is 6.08 Å². The van der Waals surface area contributed by atoms with Gasteiger partial charge in [0.15, 0.2) is 0 Å². The van der Waals surface area contributed by atoms with Crippen LogP contribution in [0.25, 0.3) is 0 Å². The lowest BCUT2D eigenvalue weighted by Crippen LogP contribution is -1.83. The van der Waals surface area contributed by atoms with Crippen LogP contribution in [-0.2, 0) is 0 Å². The molecule has 0 aliphatic rings. The Balaban J connectivity index is 3.06. The fourth-order valence-electron chi connectivity index (χ4n) is 1.56. The van der Waals surface area contributed by atoms with E-state index >= 15 is 0 Å². The predicted octanol–water partition coefficient (Wildman–Crippen LogP) is 4.07. The highest BCUT2D eigenvalue weighted by Crippen LogP contribution is 2.08. The van der Waals surface area contributed by atoms with Gasteiger partial charge in [-0.05, 0) is 25.3 Å². The van der Waals surface area contributed by atoms with E-state index in [9.17, 15) is 0 Å². The lowest BCUT2D eigenvalue weighted by atomic mass is 10.1. The largest absolute Gasteiger partial charge is 0.396 e. The van der Waals surface area contributed by atoms with Crippen LogP contribution >= 0.6 is 0 Å². The molecule has 0 aromatic rings. The lowest BCUT2D eigenvalue weighted by molar-refractivity contribution is 0.282. The topological polar surface area (TPSA) is 20.2 Å². The Hall–Kier alpha value is -0.740. The highest BCUT2D eigenvalue weighted by molar-refractivity contribution is 5.14. The van der Waals surface area contributed by atoms with Gasteiger partial charge in [0, 0.05) is 13.0 Å². The first-order valence-electron chi connectivity index (χ1n) is 6.66. The van der Waals surface area contributed by atoms with Crippen LogP contribution in [0.4, 0.5) is 0 Å². The van der Waals surface area contributed by atoms with E-state index in [-0.39, 0.29) is 0 Å². The maximum absolute atomic E-state index is 8.61. The highest BCUT2D eigenvalue weighted by atomic mass is 16.2. The molecule has 1 nitrogen and oxygen atoms in total. The van der Waals surface area contributed by atoms with Gasteiger partial charge in [0.2, 0.25) is 0 Å². The number of rotatable bonds is 9. The van der Waals surface area contributed by atoms with Gasteiger partial charge in [-0.2, -0.15) is 0 Å². The van der Waals surface area contributed by atoms with Gasteiger partial charge in [-0.3, -0.25) is 0 Å². The van der Waals surface area contributed by atoms with E-state index in [1.165, 1.54) is 38.5 Å². The second-order valence-corrected chi connectivity index (χ2v) is 4.06. The third kappa shape index (κ3) is 13.3. The Labute approximate surface area is 101 Å².